The van der Waals surface area contributed by atoms with E-state index in [0.29, 0.717) is 19.1 Å². The Morgan fingerprint density at radius 2 is 2.44 bits per heavy atom. The van der Waals surface area contributed by atoms with E-state index in [4.69, 9.17) is 0 Å². The highest BCUT2D eigenvalue weighted by Crippen LogP contribution is 2.16. The van der Waals surface area contributed by atoms with Crippen LogP contribution in [0.2, 0.25) is 0 Å². The van der Waals surface area contributed by atoms with Gasteiger partial charge in [-0.15, -0.1) is 0 Å². The monoisotopic (exact) mass is 247 g/mol. The maximum absolute atomic E-state index is 12.1. The van der Waals surface area contributed by atoms with Crippen LogP contribution < -0.4 is 5.32 Å². The second-order valence-corrected chi connectivity index (χ2v) is 4.86. The first-order chi connectivity index (χ1) is 8.70. The topological polar surface area (TPSA) is 45.2 Å². The van der Waals surface area contributed by atoms with Crippen LogP contribution in [0.1, 0.15) is 31.5 Å². The lowest BCUT2D eigenvalue weighted by Gasteiger charge is -2.28. The number of nitrogens with one attached hydrogen (secondary N) is 1. The number of amides is 1. The van der Waals surface area contributed by atoms with Gasteiger partial charge >= 0.3 is 0 Å². The van der Waals surface area contributed by atoms with E-state index in [1.54, 1.807) is 0 Å². The third-order valence-electron chi connectivity index (χ3n) is 3.53. The van der Waals surface area contributed by atoms with Crippen LogP contribution in [0, 0.1) is 0 Å². The molecule has 98 valence electrons. The van der Waals surface area contributed by atoms with Crippen molar-refractivity contribution in [3.8, 4) is 0 Å². The minimum Gasteiger partial charge on any atom is -0.337 e. The van der Waals surface area contributed by atoms with Crippen molar-refractivity contribution >= 4 is 5.91 Å². The van der Waals surface area contributed by atoms with Crippen LogP contribution >= 0.6 is 0 Å². The second-order valence-electron chi connectivity index (χ2n) is 4.86. The summed E-state index contributed by atoms with van der Waals surface area (Å²) in [7, 11) is 0. The lowest BCUT2D eigenvalue weighted by Crippen LogP contribution is -2.43. The summed E-state index contributed by atoms with van der Waals surface area (Å²) in [5, 5.41) is 3.25. The van der Waals surface area contributed by atoms with Crippen molar-refractivity contribution in [2.75, 3.05) is 13.1 Å². The van der Waals surface area contributed by atoms with Gasteiger partial charge in [-0.05, 0) is 25.0 Å². The summed E-state index contributed by atoms with van der Waals surface area (Å²) in [5.74, 6) is 0.185. The van der Waals surface area contributed by atoms with Gasteiger partial charge in [0.05, 0.1) is 6.54 Å². The van der Waals surface area contributed by atoms with E-state index in [1.807, 2.05) is 17.2 Å². The number of aromatic nitrogens is 1. The molecule has 0 aliphatic carbocycles. The predicted molar refractivity (Wildman–Crippen MR) is 71.1 cm³/mol. The van der Waals surface area contributed by atoms with Gasteiger partial charge in [-0.3, -0.25) is 9.78 Å². The van der Waals surface area contributed by atoms with E-state index in [-0.39, 0.29) is 5.91 Å². The first-order valence-electron chi connectivity index (χ1n) is 6.64. The number of hydrogen-bond donors (Lipinski definition) is 1. The van der Waals surface area contributed by atoms with Gasteiger partial charge in [-0.25, -0.2) is 0 Å². The number of carbonyl (C=O) groups is 1. The Balaban J connectivity index is 1.90. The van der Waals surface area contributed by atoms with Crippen LogP contribution in [0.3, 0.4) is 0 Å². The molecule has 0 bridgehead atoms. The molecule has 18 heavy (non-hydrogen) atoms. The molecular weight excluding hydrogens is 226 g/mol. The van der Waals surface area contributed by atoms with Crippen LogP contribution in [0.15, 0.2) is 18.3 Å². The van der Waals surface area contributed by atoms with Crippen molar-refractivity contribution in [3.05, 3.63) is 29.6 Å². The van der Waals surface area contributed by atoms with Gasteiger partial charge in [0.1, 0.15) is 0 Å². The Morgan fingerprint density at radius 1 is 1.61 bits per heavy atom. The summed E-state index contributed by atoms with van der Waals surface area (Å²) in [4.78, 5) is 18.3. The van der Waals surface area contributed by atoms with Crippen molar-refractivity contribution in [1.29, 1.82) is 0 Å². The van der Waals surface area contributed by atoms with Crippen molar-refractivity contribution in [2.45, 2.75) is 39.3 Å². The molecule has 4 heteroatoms. The highest BCUT2D eigenvalue weighted by Gasteiger charge is 2.20. The minimum atomic E-state index is 0.185. The number of hydrogen-bond acceptors (Lipinski definition) is 3. The third-order valence-corrected chi connectivity index (χ3v) is 3.53. The summed E-state index contributed by atoms with van der Waals surface area (Å²) in [5.41, 5.74) is 2.32. The van der Waals surface area contributed by atoms with E-state index < -0.39 is 0 Å². The van der Waals surface area contributed by atoms with Crippen LogP contribution in [0.5, 0.6) is 0 Å². The van der Waals surface area contributed by atoms with Crippen molar-refractivity contribution in [3.63, 3.8) is 0 Å². The number of fused-ring (bicyclic) bond motifs is 1. The van der Waals surface area contributed by atoms with Crippen LogP contribution in [-0.4, -0.2) is 34.9 Å². The van der Waals surface area contributed by atoms with E-state index in [2.05, 4.69) is 30.2 Å². The first-order valence-corrected chi connectivity index (χ1v) is 6.64. The number of pyridine rings is 1. The molecule has 0 aromatic carbocycles. The van der Waals surface area contributed by atoms with Gasteiger partial charge in [0, 0.05) is 37.4 Å². The zero-order valence-electron chi connectivity index (χ0n) is 11.1. The quantitative estimate of drug-likeness (QED) is 0.873. The SMILES string of the molecule is CCC(C)NCC(=O)N1CCc2ncccc2C1. The molecule has 0 radical (unpaired) electrons. The molecule has 0 saturated heterocycles. The molecule has 0 spiro atoms. The molecule has 1 N–H and O–H groups in total. The van der Waals surface area contributed by atoms with E-state index >= 15 is 0 Å². The van der Waals surface area contributed by atoms with Crippen molar-refractivity contribution < 1.29 is 4.79 Å². The molecule has 0 fully saturated rings. The molecule has 1 aliphatic rings. The highest BCUT2D eigenvalue weighted by atomic mass is 16.2. The zero-order valence-corrected chi connectivity index (χ0v) is 11.1. The lowest BCUT2D eigenvalue weighted by atomic mass is 10.1. The fraction of sp³-hybridized carbons (Fsp3) is 0.571. The number of rotatable bonds is 4. The van der Waals surface area contributed by atoms with Gasteiger partial charge in [0.25, 0.3) is 0 Å². The number of carbonyl (C=O) groups excluding carboxylic acids is 1. The van der Waals surface area contributed by atoms with Crippen LogP contribution in [0.4, 0.5) is 0 Å². The van der Waals surface area contributed by atoms with Crippen LogP contribution in [0.25, 0.3) is 0 Å². The summed E-state index contributed by atoms with van der Waals surface area (Å²) in [6.45, 7) is 6.13. The molecule has 1 unspecified atom stereocenters. The van der Waals surface area contributed by atoms with E-state index in [9.17, 15) is 4.79 Å². The predicted octanol–water partition coefficient (Wildman–Crippen LogP) is 1.35. The molecular formula is C14H21N3O. The normalized spacial score (nSPS) is 16.2. The molecule has 2 heterocycles. The van der Waals surface area contributed by atoms with Crippen molar-refractivity contribution in [1.82, 2.24) is 15.2 Å². The van der Waals surface area contributed by atoms with Gasteiger partial charge in [-0.1, -0.05) is 13.0 Å². The van der Waals surface area contributed by atoms with Gasteiger partial charge < -0.3 is 10.2 Å². The summed E-state index contributed by atoms with van der Waals surface area (Å²) in [6.07, 6.45) is 3.73. The second kappa shape index (κ2) is 5.96. The molecule has 1 atom stereocenters. The smallest absolute Gasteiger partial charge is 0.236 e. The molecule has 1 aliphatic heterocycles. The summed E-state index contributed by atoms with van der Waals surface area (Å²) >= 11 is 0. The van der Waals surface area contributed by atoms with Crippen LogP contribution in [-0.2, 0) is 17.8 Å². The third kappa shape index (κ3) is 3.07. The molecule has 0 saturated carbocycles. The Morgan fingerprint density at radius 3 is 3.22 bits per heavy atom. The van der Waals surface area contributed by atoms with Gasteiger partial charge in [0.2, 0.25) is 5.91 Å². The molecule has 1 amide bonds. The average Bonchev–Trinajstić information content (AvgIpc) is 2.43. The Labute approximate surface area is 108 Å². The lowest BCUT2D eigenvalue weighted by molar-refractivity contribution is -0.131. The molecule has 1 aromatic heterocycles. The van der Waals surface area contributed by atoms with Crippen molar-refractivity contribution in [2.24, 2.45) is 0 Å². The fourth-order valence-corrected chi connectivity index (χ4v) is 2.10. The maximum atomic E-state index is 12.1. The van der Waals surface area contributed by atoms with E-state index in [1.165, 1.54) is 5.56 Å². The first kappa shape index (κ1) is 13.0. The van der Waals surface area contributed by atoms with Gasteiger partial charge in [-0.2, -0.15) is 0 Å². The maximum Gasteiger partial charge on any atom is 0.236 e. The summed E-state index contributed by atoms with van der Waals surface area (Å²) < 4.78 is 0. The standard InChI is InChI=1S/C14H21N3O/c1-3-11(2)16-9-14(18)17-8-6-13-12(10-17)5-4-7-15-13/h4-5,7,11,16H,3,6,8-10H2,1-2H3. The highest BCUT2D eigenvalue weighted by molar-refractivity contribution is 5.78. The Bertz CT molecular complexity index is 419. The van der Waals surface area contributed by atoms with E-state index in [0.717, 1.165) is 25.1 Å². The summed E-state index contributed by atoms with van der Waals surface area (Å²) in [6, 6.07) is 4.39. The molecule has 1 aromatic rings. The average molecular weight is 247 g/mol. The molecule has 4 nitrogen and oxygen atoms in total. The number of nitrogens with zero attached hydrogens (tertiary/aromatic N) is 2. The zero-order chi connectivity index (χ0) is 13.0. The Kier molecular flexibility index (Phi) is 4.31. The minimum absolute atomic E-state index is 0.185. The largest absolute Gasteiger partial charge is 0.337 e. The fourth-order valence-electron chi connectivity index (χ4n) is 2.10. The van der Waals surface area contributed by atoms with Gasteiger partial charge in [0.15, 0.2) is 0 Å². The Hall–Kier alpha value is -1.42. The molecule has 2 rings (SSSR count).